The lowest BCUT2D eigenvalue weighted by Crippen LogP contribution is -2.30. The molecule has 5 heteroatoms. The Morgan fingerprint density at radius 2 is 1.45 bits per heavy atom. The molecule has 0 radical (unpaired) electrons. The van der Waals surface area contributed by atoms with Crippen LogP contribution in [0.15, 0.2) is 118 Å². The molecule has 0 aliphatic carbocycles. The van der Waals surface area contributed by atoms with Crippen molar-refractivity contribution < 1.29 is 14.0 Å². The summed E-state index contributed by atoms with van der Waals surface area (Å²) >= 11 is 3.59. The molecule has 38 heavy (non-hydrogen) atoms. The predicted octanol–water partition coefficient (Wildman–Crippen LogP) is 8.85. The van der Waals surface area contributed by atoms with Crippen LogP contribution in [-0.4, -0.2) is 7.11 Å². The summed E-state index contributed by atoms with van der Waals surface area (Å²) in [4.78, 5) is 6.98. The average Bonchev–Trinajstić information content (AvgIpc) is 3.17. The number of nitrogens with zero attached hydrogens (tertiary/aromatic N) is 1. The quantitative estimate of drug-likeness (QED) is 0.213. The van der Waals surface area contributed by atoms with E-state index < -0.39 is 0 Å². The summed E-state index contributed by atoms with van der Waals surface area (Å²) in [7, 11) is 1.69. The molecule has 0 amide bonds. The first-order chi connectivity index (χ1) is 18.6. The minimum atomic E-state index is -0.251. The zero-order chi connectivity index (χ0) is 26.1. The summed E-state index contributed by atoms with van der Waals surface area (Å²) in [6, 6.07) is 37.0. The van der Waals surface area contributed by atoms with Crippen molar-refractivity contribution in [2.45, 2.75) is 25.5 Å². The monoisotopic (exact) mass is 565 g/mol. The molecule has 0 saturated heterocycles. The minimum absolute atomic E-state index is 0.193. The van der Waals surface area contributed by atoms with Gasteiger partial charge in [-0.2, -0.15) is 0 Å². The van der Waals surface area contributed by atoms with Crippen molar-refractivity contribution in [1.82, 2.24) is 0 Å². The summed E-state index contributed by atoms with van der Waals surface area (Å²) in [6.45, 7) is 2.06. The zero-order valence-corrected chi connectivity index (χ0v) is 22.9. The lowest BCUT2D eigenvalue weighted by Gasteiger charge is -2.34. The molecule has 0 fully saturated rings. The lowest BCUT2D eigenvalue weighted by molar-refractivity contribution is 0.0260. The van der Waals surface area contributed by atoms with Crippen molar-refractivity contribution in [3.8, 4) is 17.1 Å². The third-order valence-corrected chi connectivity index (χ3v) is 7.64. The number of methoxy groups -OCH3 is 1. The van der Waals surface area contributed by atoms with E-state index in [-0.39, 0.29) is 12.1 Å². The zero-order valence-electron chi connectivity index (χ0n) is 21.3. The van der Waals surface area contributed by atoms with Gasteiger partial charge in [0.15, 0.2) is 0 Å². The Labute approximate surface area is 231 Å². The number of aryl methyl sites for hydroxylation is 1. The van der Waals surface area contributed by atoms with Crippen LogP contribution in [0.1, 0.15) is 40.2 Å². The fourth-order valence-electron chi connectivity index (χ4n) is 5.21. The van der Waals surface area contributed by atoms with Crippen molar-refractivity contribution in [2.75, 3.05) is 12.2 Å². The highest BCUT2D eigenvalue weighted by Crippen LogP contribution is 2.48. The Kier molecular flexibility index (Phi) is 6.79. The Morgan fingerprint density at radius 1 is 0.789 bits per heavy atom. The number of hydrogen-bond acceptors (Lipinski definition) is 4. The summed E-state index contributed by atoms with van der Waals surface area (Å²) in [5.74, 6) is 2.60. The number of rotatable bonds is 5. The van der Waals surface area contributed by atoms with Crippen molar-refractivity contribution in [3.05, 3.63) is 142 Å². The molecule has 4 aromatic carbocycles. The first kappa shape index (κ1) is 24.5. The fourth-order valence-corrected chi connectivity index (χ4v) is 5.48. The van der Waals surface area contributed by atoms with Gasteiger partial charge in [-0.1, -0.05) is 88.7 Å². The second kappa shape index (κ2) is 10.5. The molecule has 4 nitrogen and oxygen atoms in total. The molecule has 1 aromatic heterocycles. The first-order valence-corrected chi connectivity index (χ1v) is 13.5. The topological polar surface area (TPSA) is 34.8 Å². The minimum Gasteiger partial charge on any atom is -0.497 e. The van der Waals surface area contributed by atoms with Crippen molar-refractivity contribution in [1.29, 1.82) is 0 Å². The summed E-state index contributed by atoms with van der Waals surface area (Å²) < 4.78 is 13.1. The standard InChI is InChI=1S/C33H28BrNO3/c1-22-29-21-30(23-9-5-3-6-10-23)38-35(27-17-15-26(34)16-18-27)32(24-13-19-28(36-2)20-14-24)31(29)33(37-22)25-11-7-4-8-12-25/h3-20,30,32H,21H2,1-2H3/t30-,32-/m1/s1. The van der Waals surface area contributed by atoms with Crippen LogP contribution in [0.25, 0.3) is 11.3 Å². The van der Waals surface area contributed by atoms with E-state index >= 15 is 0 Å². The molecule has 1 aliphatic rings. The van der Waals surface area contributed by atoms with E-state index in [0.29, 0.717) is 6.42 Å². The van der Waals surface area contributed by atoms with Crippen molar-refractivity contribution >= 4 is 21.6 Å². The number of hydroxylamine groups is 1. The van der Waals surface area contributed by atoms with Gasteiger partial charge in [-0.15, -0.1) is 0 Å². The largest absolute Gasteiger partial charge is 0.497 e. The van der Waals surface area contributed by atoms with E-state index in [0.717, 1.165) is 49.7 Å². The number of hydrogen-bond donors (Lipinski definition) is 0. The molecule has 0 spiro atoms. The molecule has 5 aromatic rings. The van der Waals surface area contributed by atoms with Gasteiger partial charge in [0.25, 0.3) is 0 Å². The van der Waals surface area contributed by atoms with E-state index in [9.17, 15) is 0 Å². The van der Waals surface area contributed by atoms with Gasteiger partial charge in [0.05, 0.1) is 12.8 Å². The normalized spacial score (nSPS) is 17.1. The molecule has 0 saturated carbocycles. The number of fused-ring (bicyclic) bond motifs is 1. The average molecular weight is 566 g/mol. The maximum atomic E-state index is 6.98. The van der Waals surface area contributed by atoms with Crippen LogP contribution in [0, 0.1) is 6.92 Å². The van der Waals surface area contributed by atoms with Crippen LogP contribution in [-0.2, 0) is 11.3 Å². The van der Waals surface area contributed by atoms with Gasteiger partial charge < -0.3 is 9.15 Å². The third-order valence-electron chi connectivity index (χ3n) is 7.11. The van der Waals surface area contributed by atoms with Crippen LogP contribution >= 0.6 is 15.9 Å². The van der Waals surface area contributed by atoms with Crippen molar-refractivity contribution in [3.63, 3.8) is 0 Å². The van der Waals surface area contributed by atoms with Gasteiger partial charge in [0.1, 0.15) is 29.4 Å². The Bertz CT molecular complexity index is 1510. The number of furan rings is 1. The van der Waals surface area contributed by atoms with Gasteiger partial charge in [0, 0.05) is 27.6 Å². The molecule has 190 valence electrons. The fraction of sp³-hybridized carbons (Fsp3) is 0.152. The molecule has 0 N–H and O–H groups in total. The second-order valence-corrected chi connectivity index (χ2v) is 10.3. The van der Waals surface area contributed by atoms with Crippen LogP contribution in [0.4, 0.5) is 5.69 Å². The van der Waals surface area contributed by atoms with Gasteiger partial charge in [-0.05, 0) is 54.4 Å². The van der Waals surface area contributed by atoms with Crippen molar-refractivity contribution in [2.24, 2.45) is 0 Å². The molecule has 0 bridgehead atoms. The van der Waals surface area contributed by atoms with Crippen LogP contribution in [0.5, 0.6) is 5.75 Å². The number of ether oxygens (including phenoxy) is 1. The summed E-state index contributed by atoms with van der Waals surface area (Å²) in [5, 5.41) is 2.05. The highest BCUT2D eigenvalue weighted by Gasteiger charge is 2.38. The third kappa shape index (κ3) is 4.64. The molecular weight excluding hydrogens is 538 g/mol. The summed E-state index contributed by atoms with van der Waals surface area (Å²) in [5.41, 5.74) is 6.52. The van der Waals surface area contributed by atoms with E-state index in [1.54, 1.807) is 7.11 Å². The second-order valence-electron chi connectivity index (χ2n) is 9.43. The lowest BCUT2D eigenvalue weighted by atomic mass is 9.89. The predicted molar refractivity (Wildman–Crippen MR) is 154 cm³/mol. The Balaban J connectivity index is 1.62. The number of anilines is 1. The van der Waals surface area contributed by atoms with E-state index in [4.69, 9.17) is 14.0 Å². The molecular formula is C33H28BrNO3. The Morgan fingerprint density at radius 3 is 2.11 bits per heavy atom. The number of halogens is 1. The molecule has 2 heterocycles. The molecule has 1 aliphatic heterocycles. The number of benzene rings is 4. The van der Waals surface area contributed by atoms with Gasteiger partial charge in [0.2, 0.25) is 0 Å². The van der Waals surface area contributed by atoms with E-state index in [2.05, 4.69) is 101 Å². The summed E-state index contributed by atoms with van der Waals surface area (Å²) in [6.07, 6.45) is 0.503. The molecule has 6 rings (SSSR count). The highest BCUT2D eigenvalue weighted by atomic mass is 79.9. The van der Waals surface area contributed by atoms with E-state index in [1.165, 1.54) is 5.56 Å². The molecule has 2 atom stereocenters. The maximum absolute atomic E-state index is 6.98. The van der Waals surface area contributed by atoms with Gasteiger partial charge >= 0.3 is 0 Å². The smallest absolute Gasteiger partial charge is 0.140 e. The van der Waals surface area contributed by atoms with Crippen LogP contribution < -0.4 is 9.80 Å². The SMILES string of the molecule is COc1ccc([C@@H]2c3c(-c4ccccc4)oc(C)c3C[C@H](c3ccccc3)ON2c2ccc(Br)cc2)cc1. The van der Waals surface area contributed by atoms with Gasteiger partial charge in [-0.3, -0.25) is 4.84 Å². The van der Waals surface area contributed by atoms with Crippen LogP contribution in [0.2, 0.25) is 0 Å². The molecule has 0 unspecified atom stereocenters. The highest BCUT2D eigenvalue weighted by molar-refractivity contribution is 9.10. The maximum Gasteiger partial charge on any atom is 0.140 e. The van der Waals surface area contributed by atoms with Gasteiger partial charge in [-0.25, -0.2) is 5.06 Å². The van der Waals surface area contributed by atoms with Crippen LogP contribution in [0.3, 0.4) is 0 Å². The Hall–Kier alpha value is -3.80. The first-order valence-electron chi connectivity index (χ1n) is 12.7. The van der Waals surface area contributed by atoms with E-state index in [1.807, 2.05) is 36.4 Å².